The van der Waals surface area contributed by atoms with E-state index in [4.69, 9.17) is 0 Å². The standard InChI is InChI=1S/C23H28F2N2O2S/c1-4-16(2)26-23(29)17(3)27(13-18-9-11-20(24)12-10-18)22(28)15-30-14-19-7-5-6-8-21(19)25/h5-12,16-17H,4,13-15H2,1-3H3,(H,26,29)/t16-,17+/m1/s1. The monoisotopic (exact) mass is 434 g/mol. The highest BCUT2D eigenvalue weighted by molar-refractivity contribution is 7.99. The van der Waals surface area contributed by atoms with Crippen LogP contribution in [0.5, 0.6) is 0 Å². The Balaban J connectivity index is 2.08. The van der Waals surface area contributed by atoms with Crippen molar-refractivity contribution in [3.05, 3.63) is 71.3 Å². The van der Waals surface area contributed by atoms with Crippen LogP contribution in [0.15, 0.2) is 48.5 Å². The summed E-state index contributed by atoms with van der Waals surface area (Å²) in [5.74, 6) is -0.667. The summed E-state index contributed by atoms with van der Waals surface area (Å²) in [6.45, 7) is 5.74. The van der Waals surface area contributed by atoms with Crippen LogP contribution in [0.3, 0.4) is 0 Å². The van der Waals surface area contributed by atoms with E-state index >= 15 is 0 Å². The first-order chi connectivity index (χ1) is 14.3. The molecule has 0 aliphatic heterocycles. The molecule has 0 saturated carbocycles. The molecule has 0 fully saturated rings. The molecule has 2 atom stereocenters. The van der Waals surface area contributed by atoms with E-state index in [1.165, 1.54) is 34.9 Å². The Kier molecular flexibility index (Phi) is 9.30. The van der Waals surface area contributed by atoms with Crippen LogP contribution < -0.4 is 5.32 Å². The highest BCUT2D eigenvalue weighted by atomic mass is 32.2. The quantitative estimate of drug-likeness (QED) is 0.598. The van der Waals surface area contributed by atoms with Gasteiger partial charge in [0.05, 0.1) is 5.75 Å². The number of carbonyl (C=O) groups is 2. The molecule has 7 heteroatoms. The minimum Gasteiger partial charge on any atom is -0.352 e. The number of hydrogen-bond donors (Lipinski definition) is 1. The predicted octanol–water partition coefficient (Wildman–Crippen LogP) is 4.53. The van der Waals surface area contributed by atoms with Gasteiger partial charge in [-0.3, -0.25) is 9.59 Å². The Morgan fingerprint density at radius 3 is 2.37 bits per heavy atom. The zero-order valence-corrected chi connectivity index (χ0v) is 18.3. The van der Waals surface area contributed by atoms with E-state index in [0.29, 0.717) is 11.3 Å². The Labute approximate surface area is 181 Å². The number of nitrogens with zero attached hydrogens (tertiary/aromatic N) is 1. The molecule has 2 rings (SSSR count). The van der Waals surface area contributed by atoms with Gasteiger partial charge in [0.1, 0.15) is 17.7 Å². The third-order valence-corrected chi connectivity index (χ3v) is 5.84. The van der Waals surface area contributed by atoms with E-state index < -0.39 is 6.04 Å². The van der Waals surface area contributed by atoms with E-state index in [1.807, 2.05) is 13.8 Å². The molecule has 0 bridgehead atoms. The molecule has 0 radical (unpaired) electrons. The maximum absolute atomic E-state index is 13.8. The zero-order chi connectivity index (χ0) is 22.1. The molecule has 1 N–H and O–H groups in total. The summed E-state index contributed by atoms with van der Waals surface area (Å²) < 4.78 is 27.0. The third-order valence-electron chi connectivity index (χ3n) is 4.88. The van der Waals surface area contributed by atoms with Gasteiger partial charge in [0.25, 0.3) is 0 Å². The van der Waals surface area contributed by atoms with Crippen molar-refractivity contribution in [2.24, 2.45) is 0 Å². The van der Waals surface area contributed by atoms with Gasteiger partial charge in [-0.25, -0.2) is 8.78 Å². The number of benzene rings is 2. The molecule has 0 heterocycles. The second-order valence-electron chi connectivity index (χ2n) is 7.23. The van der Waals surface area contributed by atoms with Crippen molar-refractivity contribution in [1.82, 2.24) is 10.2 Å². The van der Waals surface area contributed by atoms with Gasteiger partial charge in [-0.15, -0.1) is 11.8 Å². The van der Waals surface area contributed by atoms with Crippen LogP contribution in [-0.4, -0.2) is 34.6 Å². The van der Waals surface area contributed by atoms with Crippen molar-refractivity contribution in [1.29, 1.82) is 0 Å². The SMILES string of the molecule is CC[C@@H](C)NC(=O)[C@H](C)N(Cc1ccc(F)cc1)C(=O)CSCc1ccccc1F. The Bertz CT molecular complexity index is 845. The topological polar surface area (TPSA) is 49.4 Å². The average molecular weight is 435 g/mol. The smallest absolute Gasteiger partial charge is 0.242 e. The van der Waals surface area contributed by atoms with E-state index in [0.717, 1.165) is 12.0 Å². The van der Waals surface area contributed by atoms with Crippen LogP contribution in [0.25, 0.3) is 0 Å². The van der Waals surface area contributed by atoms with Crippen molar-refractivity contribution < 1.29 is 18.4 Å². The molecule has 0 aliphatic rings. The molecule has 4 nitrogen and oxygen atoms in total. The lowest BCUT2D eigenvalue weighted by molar-refractivity contribution is -0.138. The molecule has 2 aromatic rings. The summed E-state index contributed by atoms with van der Waals surface area (Å²) in [6.07, 6.45) is 0.781. The number of rotatable bonds is 10. The number of amides is 2. The van der Waals surface area contributed by atoms with Gasteiger partial charge in [0.15, 0.2) is 0 Å². The first-order valence-electron chi connectivity index (χ1n) is 9.97. The first kappa shape index (κ1) is 23.9. The molecule has 30 heavy (non-hydrogen) atoms. The van der Waals surface area contributed by atoms with Crippen LogP contribution >= 0.6 is 11.8 Å². The van der Waals surface area contributed by atoms with Crippen molar-refractivity contribution in [3.63, 3.8) is 0 Å². The minimum absolute atomic E-state index is 0.00171. The molecule has 0 spiro atoms. The second-order valence-corrected chi connectivity index (χ2v) is 8.21. The van der Waals surface area contributed by atoms with E-state index in [9.17, 15) is 18.4 Å². The zero-order valence-electron chi connectivity index (χ0n) is 17.5. The molecular weight excluding hydrogens is 406 g/mol. The second kappa shape index (κ2) is 11.7. The molecule has 2 amide bonds. The maximum atomic E-state index is 13.8. The molecule has 0 aromatic heterocycles. The summed E-state index contributed by atoms with van der Waals surface area (Å²) in [5.41, 5.74) is 1.26. The number of nitrogens with one attached hydrogen (secondary N) is 1. The highest BCUT2D eigenvalue weighted by Gasteiger charge is 2.26. The van der Waals surface area contributed by atoms with Gasteiger partial charge in [-0.1, -0.05) is 37.3 Å². The van der Waals surface area contributed by atoms with Gasteiger partial charge in [-0.2, -0.15) is 0 Å². The highest BCUT2D eigenvalue weighted by Crippen LogP contribution is 2.18. The minimum atomic E-state index is -0.689. The fourth-order valence-corrected chi connectivity index (χ4v) is 3.68. The third kappa shape index (κ3) is 7.13. The number of thioether (sulfide) groups is 1. The van der Waals surface area contributed by atoms with E-state index in [2.05, 4.69) is 5.32 Å². The Hall–Kier alpha value is -2.41. The van der Waals surface area contributed by atoms with Gasteiger partial charge in [-0.05, 0) is 49.6 Å². The lowest BCUT2D eigenvalue weighted by Crippen LogP contribution is -2.50. The average Bonchev–Trinajstić information content (AvgIpc) is 2.73. The van der Waals surface area contributed by atoms with Crippen molar-refractivity contribution >= 4 is 23.6 Å². The first-order valence-corrected chi connectivity index (χ1v) is 11.1. The van der Waals surface area contributed by atoms with E-state index in [-0.39, 0.29) is 41.8 Å². The lowest BCUT2D eigenvalue weighted by Gasteiger charge is -2.29. The van der Waals surface area contributed by atoms with Crippen molar-refractivity contribution in [2.45, 2.75) is 51.6 Å². The summed E-state index contributed by atoms with van der Waals surface area (Å²) in [5, 5.41) is 2.90. The molecule has 162 valence electrons. The van der Waals surface area contributed by atoms with Crippen molar-refractivity contribution in [3.8, 4) is 0 Å². The predicted molar refractivity (Wildman–Crippen MR) is 117 cm³/mol. The van der Waals surface area contributed by atoms with E-state index in [1.54, 1.807) is 37.3 Å². The molecule has 0 aliphatic carbocycles. The van der Waals surface area contributed by atoms with Crippen LogP contribution in [-0.2, 0) is 21.9 Å². The van der Waals surface area contributed by atoms with Crippen molar-refractivity contribution in [2.75, 3.05) is 5.75 Å². The van der Waals surface area contributed by atoms with Crippen LogP contribution in [0.4, 0.5) is 8.78 Å². The molecule has 0 saturated heterocycles. The van der Waals surface area contributed by atoms with Crippen LogP contribution in [0.1, 0.15) is 38.3 Å². The van der Waals surface area contributed by atoms with Crippen LogP contribution in [0.2, 0.25) is 0 Å². The molecule has 2 aromatic carbocycles. The summed E-state index contributed by atoms with van der Waals surface area (Å²) >= 11 is 1.29. The molecule has 0 unspecified atom stereocenters. The Morgan fingerprint density at radius 1 is 1.07 bits per heavy atom. The van der Waals surface area contributed by atoms with Gasteiger partial charge in [0, 0.05) is 18.3 Å². The normalized spacial score (nSPS) is 12.8. The number of carbonyl (C=O) groups excluding carboxylic acids is 2. The molecular formula is C23H28F2N2O2S. The number of hydrogen-bond acceptors (Lipinski definition) is 3. The fraction of sp³-hybridized carbons (Fsp3) is 0.391. The van der Waals surface area contributed by atoms with Gasteiger partial charge < -0.3 is 10.2 Å². The summed E-state index contributed by atoms with van der Waals surface area (Å²) in [7, 11) is 0. The summed E-state index contributed by atoms with van der Waals surface area (Å²) in [4.78, 5) is 27.1. The Morgan fingerprint density at radius 2 is 1.73 bits per heavy atom. The maximum Gasteiger partial charge on any atom is 0.242 e. The summed E-state index contributed by atoms with van der Waals surface area (Å²) in [6, 6.07) is 11.6. The fourth-order valence-electron chi connectivity index (χ4n) is 2.78. The number of halogens is 2. The van der Waals surface area contributed by atoms with Gasteiger partial charge in [0.2, 0.25) is 11.8 Å². The van der Waals surface area contributed by atoms with Crippen LogP contribution in [0, 0.1) is 11.6 Å². The van der Waals surface area contributed by atoms with Gasteiger partial charge >= 0.3 is 0 Å². The largest absolute Gasteiger partial charge is 0.352 e. The lowest BCUT2D eigenvalue weighted by atomic mass is 10.1.